The molecule has 0 atom stereocenters. The Labute approximate surface area is 185 Å². The summed E-state index contributed by atoms with van der Waals surface area (Å²) in [6.07, 6.45) is 4.20. The van der Waals surface area contributed by atoms with Crippen LogP contribution >= 0.6 is 11.8 Å². The number of hydrogen-bond acceptors (Lipinski definition) is 7. The van der Waals surface area contributed by atoms with Crippen LogP contribution < -0.4 is 15.5 Å². The standard InChI is InChI=1S/C21H28N6O3S/c28-18(23-19(29)22-17-8-4-5-9-17)15-31-21-25-24-20(26-10-12-30-13-11-26)27(21)14-16-6-2-1-3-7-16/h1-3,6-7,17H,4-5,8-15H2,(H2,22,23,28,29). The van der Waals surface area contributed by atoms with Gasteiger partial charge in [0.1, 0.15) is 0 Å². The first kappa shape index (κ1) is 21.6. The number of morpholine rings is 1. The first-order chi connectivity index (χ1) is 15.2. The largest absolute Gasteiger partial charge is 0.378 e. The van der Waals surface area contributed by atoms with Crippen molar-refractivity contribution in [3.05, 3.63) is 35.9 Å². The summed E-state index contributed by atoms with van der Waals surface area (Å²) in [6, 6.07) is 9.83. The number of urea groups is 1. The van der Waals surface area contributed by atoms with E-state index >= 15 is 0 Å². The number of rotatable bonds is 7. The van der Waals surface area contributed by atoms with Gasteiger partial charge < -0.3 is 15.0 Å². The smallest absolute Gasteiger partial charge is 0.321 e. The van der Waals surface area contributed by atoms with E-state index in [0.717, 1.165) is 50.3 Å². The zero-order chi connectivity index (χ0) is 21.5. The Morgan fingerprint density at radius 3 is 2.58 bits per heavy atom. The molecule has 0 spiro atoms. The molecular formula is C21H28N6O3S. The number of aromatic nitrogens is 3. The molecule has 0 radical (unpaired) electrons. The molecule has 2 fully saturated rings. The Morgan fingerprint density at radius 1 is 1.10 bits per heavy atom. The van der Waals surface area contributed by atoms with Crippen LogP contribution in [0.4, 0.5) is 10.7 Å². The van der Waals surface area contributed by atoms with E-state index < -0.39 is 6.03 Å². The van der Waals surface area contributed by atoms with E-state index in [4.69, 9.17) is 4.74 Å². The summed E-state index contributed by atoms with van der Waals surface area (Å²) in [5, 5.41) is 14.7. The maximum atomic E-state index is 12.3. The Hall–Kier alpha value is -2.59. The quantitative estimate of drug-likeness (QED) is 0.630. The van der Waals surface area contributed by atoms with Crippen LogP contribution in [0.2, 0.25) is 0 Å². The molecular weight excluding hydrogens is 416 g/mol. The minimum absolute atomic E-state index is 0.0914. The minimum Gasteiger partial charge on any atom is -0.378 e. The van der Waals surface area contributed by atoms with Crippen molar-refractivity contribution >= 4 is 29.6 Å². The maximum Gasteiger partial charge on any atom is 0.321 e. The van der Waals surface area contributed by atoms with Crippen LogP contribution in [0.1, 0.15) is 31.2 Å². The number of anilines is 1. The number of nitrogens with zero attached hydrogens (tertiary/aromatic N) is 4. The van der Waals surface area contributed by atoms with E-state index in [2.05, 4.69) is 37.9 Å². The molecule has 3 amide bonds. The maximum absolute atomic E-state index is 12.3. The van der Waals surface area contributed by atoms with Crippen LogP contribution in [-0.2, 0) is 16.1 Å². The normalized spacial score (nSPS) is 17.0. The van der Waals surface area contributed by atoms with Gasteiger partial charge >= 0.3 is 6.03 Å². The van der Waals surface area contributed by atoms with Crippen molar-refractivity contribution in [3.63, 3.8) is 0 Å². The molecule has 4 rings (SSSR count). The lowest BCUT2D eigenvalue weighted by molar-refractivity contribution is -0.117. The molecule has 2 N–H and O–H groups in total. The second-order valence-electron chi connectivity index (χ2n) is 7.75. The first-order valence-corrected chi connectivity index (χ1v) is 11.7. The summed E-state index contributed by atoms with van der Waals surface area (Å²) in [5.41, 5.74) is 1.12. The summed E-state index contributed by atoms with van der Waals surface area (Å²) in [7, 11) is 0. The molecule has 1 aromatic carbocycles. The topological polar surface area (TPSA) is 101 Å². The van der Waals surface area contributed by atoms with E-state index in [1.54, 1.807) is 0 Å². The molecule has 1 aliphatic heterocycles. The van der Waals surface area contributed by atoms with Gasteiger partial charge in [-0.25, -0.2) is 4.79 Å². The Morgan fingerprint density at radius 2 is 1.84 bits per heavy atom. The molecule has 1 aromatic heterocycles. The predicted molar refractivity (Wildman–Crippen MR) is 118 cm³/mol. The molecule has 1 saturated carbocycles. The Kier molecular flexibility index (Phi) is 7.42. The zero-order valence-electron chi connectivity index (χ0n) is 17.5. The highest BCUT2D eigenvalue weighted by molar-refractivity contribution is 7.99. The summed E-state index contributed by atoms with van der Waals surface area (Å²) >= 11 is 1.28. The van der Waals surface area contributed by atoms with Gasteiger partial charge in [-0.15, -0.1) is 10.2 Å². The van der Waals surface area contributed by atoms with Crippen molar-refractivity contribution in [1.82, 2.24) is 25.4 Å². The number of carbonyl (C=O) groups is 2. The van der Waals surface area contributed by atoms with Gasteiger partial charge in [-0.1, -0.05) is 54.9 Å². The van der Waals surface area contributed by atoms with E-state index in [-0.39, 0.29) is 17.7 Å². The molecule has 0 bridgehead atoms. The molecule has 1 saturated heterocycles. The molecule has 2 aromatic rings. The second-order valence-corrected chi connectivity index (χ2v) is 8.69. The third kappa shape index (κ3) is 5.98. The first-order valence-electron chi connectivity index (χ1n) is 10.7. The van der Waals surface area contributed by atoms with E-state index in [9.17, 15) is 9.59 Å². The summed E-state index contributed by atoms with van der Waals surface area (Å²) in [5.74, 6) is 0.519. The molecule has 166 valence electrons. The molecule has 10 heteroatoms. The Bertz CT molecular complexity index is 878. The number of imide groups is 1. The summed E-state index contributed by atoms with van der Waals surface area (Å²) in [4.78, 5) is 26.5. The molecule has 31 heavy (non-hydrogen) atoms. The minimum atomic E-state index is -0.419. The van der Waals surface area contributed by atoms with Crippen molar-refractivity contribution < 1.29 is 14.3 Å². The second kappa shape index (κ2) is 10.6. The SMILES string of the molecule is O=C(CSc1nnc(N2CCOCC2)n1Cc1ccccc1)NC(=O)NC1CCCC1. The van der Waals surface area contributed by atoms with Crippen LogP contribution in [0.3, 0.4) is 0 Å². The monoisotopic (exact) mass is 444 g/mol. The van der Waals surface area contributed by atoms with Crippen molar-refractivity contribution in [2.24, 2.45) is 0 Å². The van der Waals surface area contributed by atoms with Gasteiger partial charge in [-0.2, -0.15) is 0 Å². The van der Waals surface area contributed by atoms with Gasteiger partial charge in [-0.3, -0.25) is 14.7 Å². The molecule has 0 unspecified atom stereocenters. The van der Waals surface area contributed by atoms with Gasteiger partial charge in [0.15, 0.2) is 5.16 Å². The van der Waals surface area contributed by atoms with Crippen LogP contribution in [0.25, 0.3) is 0 Å². The third-order valence-electron chi connectivity index (χ3n) is 5.45. The van der Waals surface area contributed by atoms with Gasteiger partial charge in [0.25, 0.3) is 0 Å². The van der Waals surface area contributed by atoms with Crippen molar-refractivity contribution in [3.8, 4) is 0 Å². The highest BCUT2D eigenvalue weighted by Crippen LogP contribution is 2.24. The fraction of sp³-hybridized carbons (Fsp3) is 0.524. The highest BCUT2D eigenvalue weighted by Gasteiger charge is 2.22. The van der Waals surface area contributed by atoms with Crippen LogP contribution in [0.5, 0.6) is 0 Å². The number of nitrogens with one attached hydrogen (secondary N) is 2. The van der Waals surface area contributed by atoms with Crippen LogP contribution in [0, 0.1) is 0 Å². The van der Waals surface area contributed by atoms with Gasteiger partial charge in [0.05, 0.1) is 25.5 Å². The summed E-state index contributed by atoms with van der Waals surface area (Å²) in [6.45, 7) is 3.41. The predicted octanol–water partition coefficient (Wildman–Crippen LogP) is 2.02. The van der Waals surface area contributed by atoms with Gasteiger partial charge in [0, 0.05) is 19.1 Å². The lowest BCUT2D eigenvalue weighted by atomic mass is 10.2. The summed E-state index contributed by atoms with van der Waals surface area (Å²) < 4.78 is 7.48. The molecule has 2 aliphatic rings. The van der Waals surface area contributed by atoms with E-state index in [0.29, 0.717) is 24.9 Å². The number of ether oxygens (including phenoxy) is 1. The average molecular weight is 445 g/mol. The average Bonchev–Trinajstić information content (AvgIpc) is 3.43. The fourth-order valence-electron chi connectivity index (χ4n) is 3.87. The molecule has 9 nitrogen and oxygen atoms in total. The van der Waals surface area contributed by atoms with Crippen molar-refractivity contribution in [2.75, 3.05) is 37.0 Å². The zero-order valence-corrected chi connectivity index (χ0v) is 18.3. The van der Waals surface area contributed by atoms with E-state index in [1.165, 1.54) is 11.8 Å². The number of thioether (sulfide) groups is 1. The van der Waals surface area contributed by atoms with Crippen LogP contribution in [0.15, 0.2) is 35.5 Å². The van der Waals surface area contributed by atoms with Crippen molar-refractivity contribution in [2.45, 2.75) is 43.4 Å². The number of carbonyl (C=O) groups excluding carboxylic acids is 2. The number of hydrogen-bond donors (Lipinski definition) is 2. The molecule has 1 aliphatic carbocycles. The Balaban J connectivity index is 1.40. The fourth-order valence-corrected chi connectivity index (χ4v) is 4.61. The molecule has 2 heterocycles. The highest BCUT2D eigenvalue weighted by atomic mass is 32.2. The number of amides is 3. The van der Waals surface area contributed by atoms with Gasteiger partial charge in [-0.05, 0) is 18.4 Å². The van der Waals surface area contributed by atoms with Crippen LogP contribution in [-0.4, -0.2) is 64.8 Å². The van der Waals surface area contributed by atoms with Crippen molar-refractivity contribution in [1.29, 1.82) is 0 Å². The lowest BCUT2D eigenvalue weighted by Gasteiger charge is -2.28. The lowest BCUT2D eigenvalue weighted by Crippen LogP contribution is -2.44. The van der Waals surface area contributed by atoms with E-state index in [1.807, 2.05) is 22.8 Å². The number of benzene rings is 1. The van der Waals surface area contributed by atoms with Gasteiger partial charge in [0.2, 0.25) is 11.9 Å². The third-order valence-corrected chi connectivity index (χ3v) is 6.42.